The van der Waals surface area contributed by atoms with Crippen LogP contribution in [0.15, 0.2) is 24.4 Å². The van der Waals surface area contributed by atoms with Crippen LogP contribution in [-0.4, -0.2) is 33.7 Å². The van der Waals surface area contributed by atoms with Gasteiger partial charge in [0.05, 0.1) is 5.69 Å². The topological polar surface area (TPSA) is 47.4 Å². The van der Waals surface area contributed by atoms with Gasteiger partial charge in [0.25, 0.3) is 5.91 Å². The maximum absolute atomic E-state index is 12.5. The van der Waals surface area contributed by atoms with E-state index in [1.54, 1.807) is 35.7 Å². The molecule has 0 aliphatic heterocycles. The summed E-state index contributed by atoms with van der Waals surface area (Å²) in [6.45, 7) is 6.10. The van der Waals surface area contributed by atoms with Gasteiger partial charge in [-0.05, 0) is 44.5 Å². The quantitative estimate of drug-likeness (QED) is 0.843. The van der Waals surface area contributed by atoms with Crippen molar-refractivity contribution in [2.24, 2.45) is 7.05 Å². The number of benzene rings is 1. The zero-order valence-corrected chi connectivity index (χ0v) is 14.9. The molecule has 6 heteroatoms. The Kier molecular flexibility index (Phi) is 5.31. The lowest BCUT2D eigenvalue weighted by Gasteiger charge is -2.22. The van der Waals surface area contributed by atoms with Crippen LogP contribution in [0.1, 0.15) is 23.7 Å². The van der Waals surface area contributed by atoms with E-state index in [1.807, 2.05) is 33.2 Å². The highest BCUT2D eigenvalue weighted by molar-refractivity contribution is 6.30. The summed E-state index contributed by atoms with van der Waals surface area (Å²) in [6.07, 6.45) is 1.35. The van der Waals surface area contributed by atoms with E-state index < -0.39 is 6.10 Å². The number of hydrogen-bond donors (Lipinski definition) is 0. The highest BCUT2D eigenvalue weighted by Crippen LogP contribution is 2.23. The fraction of sp³-hybridized carbons (Fsp3) is 0.412. The van der Waals surface area contributed by atoms with Crippen molar-refractivity contribution < 1.29 is 9.53 Å². The van der Waals surface area contributed by atoms with Crippen LogP contribution in [0.25, 0.3) is 0 Å². The minimum Gasteiger partial charge on any atom is -0.481 e. The molecule has 1 aromatic carbocycles. The third-order valence-electron chi connectivity index (χ3n) is 3.69. The Hall–Kier alpha value is -2.01. The lowest BCUT2D eigenvalue weighted by Crippen LogP contribution is -2.37. The maximum Gasteiger partial charge on any atom is 0.263 e. The zero-order chi connectivity index (χ0) is 17.1. The molecule has 0 fully saturated rings. The summed E-state index contributed by atoms with van der Waals surface area (Å²) >= 11 is 5.93. The molecule has 0 aliphatic carbocycles. The van der Waals surface area contributed by atoms with Gasteiger partial charge in [-0.15, -0.1) is 0 Å². The van der Waals surface area contributed by atoms with E-state index in [9.17, 15) is 4.79 Å². The highest BCUT2D eigenvalue weighted by atomic mass is 35.5. The molecule has 0 bridgehead atoms. The van der Waals surface area contributed by atoms with Crippen molar-refractivity contribution in [2.75, 3.05) is 7.05 Å². The number of likely N-dealkylation sites (N-methyl/N-ethyl adjacent to an activating group) is 1. The van der Waals surface area contributed by atoms with Gasteiger partial charge in [-0.1, -0.05) is 11.6 Å². The summed E-state index contributed by atoms with van der Waals surface area (Å²) < 4.78 is 7.54. The first-order valence-corrected chi connectivity index (χ1v) is 7.82. The Bertz CT molecular complexity index is 712. The molecule has 1 atom stereocenters. The molecular formula is C17H22ClN3O2. The van der Waals surface area contributed by atoms with Crippen molar-refractivity contribution in [2.45, 2.75) is 33.4 Å². The molecule has 23 heavy (non-hydrogen) atoms. The highest BCUT2D eigenvalue weighted by Gasteiger charge is 2.21. The van der Waals surface area contributed by atoms with Gasteiger partial charge in [0.1, 0.15) is 5.75 Å². The molecule has 0 N–H and O–H groups in total. The summed E-state index contributed by atoms with van der Waals surface area (Å²) in [5.74, 6) is 0.587. The molecule has 0 aliphatic rings. The Labute approximate surface area is 141 Å². The first kappa shape index (κ1) is 17.3. The minimum absolute atomic E-state index is 0.0809. The van der Waals surface area contributed by atoms with Crippen molar-refractivity contribution in [3.63, 3.8) is 0 Å². The van der Waals surface area contributed by atoms with Crippen LogP contribution in [0.5, 0.6) is 5.75 Å². The molecule has 1 amide bonds. The number of carbonyl (C=O) groups excluding carboxylic acids is 1. The van der Waals surface area contributed by atoms with E-state index >= 15 is 0 Å². The number of amides is 1. The van der Waals surface area contributed by atoms with Crippen molar-refractivity contribution >= 4 is 17.5 Å². The second-order valence-electron chi connectivity index (χ2n) is 5.78. The standard InChI is InChI=1S/C17H22ClN3O2/c1-11-8-15(18)6-7-16(11)23-13(3)17(22)20(4)9-14-10-21(5)19-12(14)2/h6-8,10,13H,9H2,1-5H3/t13-/m0/s1. The third kappa shape index (κ3) is 4.26. The smallest absolute Gasteiger partial charge is 0.263 e. The van der Waals surface area contributed by atoms with Crippen LogP contribution in [-0.2, 0) is 18.4 Å². The van der Waals surface area contributed by atoms with E-state index in [0.29, 0.717) is 17.3 Å². The molecule has 0 unspecified atom stereocenters. The predicted octanol–water partition coefficient (Wildman–Crippen LogP) is 3.12. The largest absolute Gasteiger partial charge is 0.481 e. The van der Waals surface area contributed by atoms with Crippen molar-refractivity contribution in [1.29, 1.82) is 0 Å². The van der Waals surface area contributed by atoms with Crippen LogP contribution < -0.4 is 4.74 Å². The van der Waals surface area contributed by atoms with Gasteiger partial charge in [-0.25, -0.2) is 0 Å². The maximum atomic E-state index is 12.5. The second kappa shape index (κ2) is 7.04. The lowest BCUT2D eigenvalue weighted by molar-refractivity contribution is -0.137. The fourth-order valence-electron chi connectivity index (χ4n) is 2.43. The predicted molar refractivity (Wildman–Crippen MR) is 90.7 cm³/mol. The number of rotatable bonds is 5. The minimum atomic E-state index is -0.572. The normalized spacial score (nSPS) is 12.1. The number of aromatic nitrogens is 2. The summed E-state index contributed by atoms with van der Waals surface area (Å²) in [4.78, 5) is 14.1. The SMILES string of the molecule is Cc1cc(Cl)ccc1O[C@@H](C)C(=O)N(C)Cc1cn(C)nc1C. The zero-order valence-electron chi connectivity index (χ0n) is 14.1. The molecule has 0 spiro atoms. The summed E-state index contributed by atoms with van der Waals surface area (Å²) in [5.41, 5.74) is 2.86. The van der Waals surface area contributed by atoms with Crippen LogP contribution in [0.3, 0.4) is 0 Å². The van der Waals surface area contributed by atoms with Gasteiger partial charge in [-0.3, -0.25) is 9.48 Å². The van der Waals surface area contributed by atoms with Gasteiger partial charge >= 0.3 is 0 Å². The number of carbonyl (C=O) groups is 1. The molecule has 124 valence electrons. The van der Waals surface area contributed by atoms with E-state index in [0.717, 1.165) is 16.8 Å². The number of aryl methyl sites for hydroxylation is 3. The molecule has 2 rings (SSSR count). The van der Waals surface area contributed by atoms with E-state index in [-0.39, 0.29) is 5.91 Å². The number of ether oxygens (including phenoxy) is 1. The van der Waals surface area contributed by atoms with Crippen LogP contribution in [0.2, 0.25) is 5.02 Å². The van der Waals surface area contributed by atoms with Crippen LogP contribution in [0.4, 0.5) is 0 Å². The monoisotopic (exact) mass is 335 g/mol. The number of halogens is 1. The van der Waals surface area contributed by atoms with E-state index in [1.165, 1.54) is 0 Å². The number of hydrogen-bond acceptors (Lipinski definition) is 3. The van der Waals surface area contributed by atoms with Crippen molar-refractivity contribution in [1.82, 2.24) is 14.7 Å². The van der Waals surface area contributed by atoms with Crippen LogP contribution >= 0.6 is 11.6 Å². The second-order valence-corrected chi connectivity index (χ2v) is 6.21. The van der Waals surface area contributed by atoms with E-state index in [4.69, 9.17) is 16.3 Å². The van der Waals surface area contributed by atoms with Gasteiger partial charge < -0.3 is 9.64 Å². The Morgan fingerprint density at radius 3 is 2.70 bits per heavy atom. The lowest BCUT2D eigenvalue weighted by atomic mass is 10.2. The average Bonchev–Trinajstić information content (AvgIpc) is 2.78. The molecule has 0 radical (unpaired) electrons. The van der Waals surface area contributed by atoms with Crippen molar-refractivity contribution in [3.05, 3.63) is 46.2 Å². The first-order chi connectivity index (χ1) is 10.8. The Morgan fingerprint density at radius 1 is 1.43 bits per heavy atom. The van der Waals surface area contributed by atoms with Gasteiger partial charge in [-0.2, -0.15) is 5.10 Å². The fourth-order valence-corrected chi connectivity index (χ4v) is 2.66. The van der Waals surface area contributed by atoms with E-state index in [2.05, 4.69) is 5.10 Å². The Balaban J connectivity index is 2.02. The third-order valence-corrected chi connectivity index (χ3v) is 3.92. The van der Waals surface area contributed by atoms with Gasteiger partial charge in [0, 0.05) is 37.4 Å². The summed E-state index contributed by atoms with van der Waals surface area (Å²) in [6, 6.07) is 5.35. The molecule has 1 heterocycles. The summed E-state index contributed by atoms with van der Waals surface area (Å²) in [5, 5.41) is 4.94. The molecule has 1 aromatic heterocycles. The molecule has 2 aromatic rings. The molecule has 0 saturated carbocycles. The molecular weight excluding hydrogens is 314 g/mol. The van der Waals surface area contributed by atoms with Gasteiger partial charge in [0.2, 0.25) is 0 Å². The summed E-state index contributed by atoms with van der Waals surface area (Å²) in [7, 11) is 3.64. The van der Waals surface area contributed by atoms with Crippen molar-refractivity contribution in [3.8, 4) is 5.75 Å². The molecule has 5 nitrogen and oxygen atoms in total. The van der Waals surface area contributed by atoms with Crippen LogP contribution in [0, 0.1) is 13.8 Å². The average molecular weight is 336 g/mol. The Morgan fingerprint density at radius 2 is 2.13 bits per heavy atom. The first-order valence-electron chi connectivity index (χ1n) is 7.45. The number of nitrogens with zero attached hydrogens (tertiary/aromatic N) is 3. The molecule has 0 saturated heterocycles. The van der Waals surface area contributed by atoms with Gasteiger partial charge in [0.15, 0.2) is 6.10 Å².